The second-order valence-electron chi connectivity index (χ2n) is 12.4. The lowest BCUT2D eigenvalue weighted by atomic mass is 9.47. The maximum absolute atomic E-state index is 13.6. The zero-order chi connectivity index (χ0) is 24.8. The first-order valence-electron chi connectivity index (χ1n) is 13.6. The van der Waals surface area contributed by atoms with Gasteiger partial charge >= 0.3 is 0 Å². The minimum Gasteiger partial charge on any atom is -0.349 e. The average molecular weight is 479 g/mol. The molecule has 4 rings (SSSR count). The van der Waals surface area contributed by atoms with Gasteiger partial charge in [-0.1, -0.05) is 33.6 Å². The van der Waals surface area contributed by atoms with Crippen molar-refractivity contribution in [2.24, 2.45) is 34.5 Å². The molecule has 2 amide bonds. The number of rotatable bonds is 6. The highest BCUT2D eigenvalue weighted by atomic mass is 19.3. The minimum atomic E-state index is -1.71. The van der Waals surface area contributed by atoms with Crippen molar-refractivity contribution in [2.45, 2.75) is 110 Å². The molecular formula is C28H44F2N2O2. The minimum absolute atomic E-state index is 0.0126. The SMILES string of the molecule is CCCCC(=C(F)F)C(C)NC(=O)C1C[C@@]2(C)C(CC[C@@H]3[C@H]2CC[C@]2(C)CCC[C@@H]32)N(C)C1=O. The van der Waals surface area contributed by atoms with Gasteiger partial charge in [-0.15, -0.1) is 0 Å². The molecule has 1 aliphatic heterocycles. The fraction of sp³-hybridized carbons (Fsp3) is 0.857. The predicted molar refractivity (Wildman–Crippen MR) is 130 cm³/mol. The van der Waals surface area contributed by atoms with Crippen molar-refractivity contribution in [3.63, 3.8) is 0 Å². The van der Waals surface area contributed by atoms with Crippen molar-refractivity contribution in [3.05, 3.63) is 11.7 Å². The summed E-state index contributed by atoms with van der Waals surface area (Å²) in [6, 6.07) is -0.600. The summed E-state index contributed by atoms with van der Waals surface area (Å²) in [6.07, 6.45) is 9.14. The van der Waals surface area contributed by atoms with Gasteiger partial charge in [-0.3, -0.25) is 9.59 Å². The Morgan fingerprint density at radius 1 is 1.15 bits per heavy atom. The number of nitrogens with zero attached hydrogens (tertiary/aromatic N) is 1. The van der Waals surface area contributed by atoms with Gasteiger partial charge in [0.05, 0.1) is 6.04 Å². The van der Waals surface area contributed by atoms with Crippen LogP contribution in [0.5, 0.6) is 0 Å². The second-order valence-corrected chi connectivity index (χ2v) is 12.4. The molecule has 3 saturated carbocycles. The van der Waals surface area contributed by atoms with Gasteiger partial charge in [-0.2, -0.15) is 8.78 Å². The van der Waals surface area contributed by atoms with E-state index in [2.05, 4.69) is 19.2 Å². The van der Waals surface area contributed by atoms with Gasteiger partial charge in [0.15, 0.2) is 0 Å². The van der Waals surface area contributed by atoms with Crippen LogP contribution >= 0.6 is 0 Å². The van der Waals surface area contributed by atoms with E-state index in [-0.39, 0.29) is 35.3 Å². The largest absolute Gasteiger partial charge is 0.349 e. The zero-order valence-electron chi connectivity index (χ0n) is 21.8. The Kier molecular flexibility index (Phi) is 7.19. The Hall–Kier alpha value is -1.46. The van der Waals surface area contributed by atoms with Gasteiger partial charge < -0.3 is 10.2 Å². The van der Waals surface area contributed by atoms with Gasteiger partial charge in [-0.25, -0.2) is 0 Å². The lowest BCUT2D eigenvalue weighted by Crippen LogP contribution is -2.64. The number of amides is 2. The van der Waals surface area contributed by atoms with E-state index in [1.54, 1.807) is 6.92 Å². The number of hydrogen-bond donors (Lipinski definition) is 1. The third-order valence-corrected chi connectivity index (χ3v) is 10.6. The summed E-state index contributed by atoms with van der Waals surface area (Å²) in [4.78, 5) is 28.5. The van der Waals surface area contributed by atoms with Gasteiger partial charge in [0.2, 0.25) is 11.8 Å². The molecule has 3 aliphatic carbocycles. The molecule has 0 aromatic rings. The fourth-order valence-electron chi connectivity index (χ4n) is 8.73. The van der Waals surface area contributed by atoms with Gasteiger partial charge in [0, 0.05) is 18.7 Å². The Balaban J connectivity index is 1.54. The van der Waals surface area contributed by atoms with Crippen LogP contribution < -0.4 is 5.32 Å². The molecule has 4 nitrogen and oxygen atoms in total. The normalized spacial score (nSPS) is 40.1. The maximum atomic E-state index is 13.6. The quantitative estimate of drug-likeness (QED) is 0.455. The first-order valence-corrected chi connectivity index (χ1v) is 13.6. The number of carbonyl (C=O) groups excluding carboxylic acids is 2. The van der Waals surface area contributed by atoms with Crippen molar-refractivity contribution in [1.82, 2.24) is 10.2 Å². The van der Waals surface area contributed by atoms with Crippen LogP contribution in [0, 0.1) is 34.5 Å². The van der Waals surface area contributed by atoms with Crippen LogP contribution in [0.1, 0.15) is 98.3 Å². The van der Waals surface area contributed by atoms with E-state index in [0.29, 0.717) is 30.1 Å². The molecule has 1 N–H and O–H groups in total. The van der Waals surface area contributed by atoms with E-state index in [1.807, 2.05) is 18.9 Å². The fourth-order valence-corrected chi connectivity index (χ4v) is 8.73. The molecule has 3 unspecified atom stereocenters. The van der Waals surface area contributed by atoms with E-state index < -0.39 is 18.0 Å². The average Bonchev–Trinajstić information content (AvgIpc) is 3.18. The number of halogens is 2. The predicted octanol–water partition coefficient (Wildman–Crippen LogP) is 6.31. The van der Waals surface area contributed by atoms with E-state index >= 15 is 0 Å². The summed E-state index contributed by atoms with van der Waals surface area (Å²) in [6.45, 7) is 8.37. The van der Waals surface area contributed by atoms with Gasteiger partial charge in [0.1, 0.15) is 5.92 Å². The number of nitrogens with one attached hydrogen (secondary N) is 1. The number of likely N-dealkylation sites (tertiary alicyclic amines) is 1. The molecule has 0 bridgehead atoms. The molecule has 34 heavy (non-hydrogen) atoms. The monoisotopic (exact) mass is 478 g/mol. The number of carbonyl (C=O) groups is 2. The van der Waals surface area contributed by atoms with Crippen LogP contribution in [0.25, 0.3) is 0 Å². The van der Waals surface area contributed by atoms with Crippen LogP contribution in [-0.2, 0) is 9.59 Å². The second kappa shape index (κ2) is 9.54. The number of unbranched alkanes of at least 4 members (excludes halogenated alkanes) is 1. The lowest BCUT2D eigenvalue weighted by Gasteiger charge is -2.62. The van der Waals surface area contributed by atoms with Crippen molar-refractivity contribution in [2.75, 3.05) is 7.05 Å². The molecule has 192 valence electrons. The number of hydrogen-bond acceptors (Lipinski definition) is 2. The Labute approximate surface area is 204 Å². The lowest BCUT2D eigenvalue weighted by molar-refractivity contribution is -0.169. The molecule has 4 fully saturated rings. The third-order valence-electron chi connectivity index (χ3n) is 10.6. The molecule has 0 aromatic carbocycles. The Morgan fingerprint density at radius 3 is 2.56 bits per heavy atom. The smallest absolute Gasteiger partial charge is 0.271 e. The highest BCUT2D eigenvalue weighted by Crippen LogP contribution is 2.65. The van der Waals surface area contributed by atoms with Gasteiger partial charge in [-0.05, 0) is 93.3 Å². The Morgan fingerprint density at radius 2 is 1.88 bits per heavy atom. The highest BCUT2D eigenvalue weighted by Gasteiger charge is 2.61. The molecule has 6 heteroatoms. The van der Waals surface area contributed by atoms with E-state index in [9.17, 15) is 18.4 Å². The number of piperidine rings is 1. The van der Waals surface area contributed by atoms with Crippen LogP contribution in [-0.4, -0.2) is 35.8 Å². The van der Waals surface area contributed by atoms with Crippen molar-refractivity contribution < 1.29 is 18.4 Å². The van der Waals surface area contributed by atoms with Crippen LogP contribution in [0.3, 0.4) is 0 Å². The van der Waals surface area contributed by atoms with E-state index in [4.69, 9.17) is 0 Å². The van der Waals surface area contributed by atoms with Crippen molar-refractivity contribution in [1.29, 1.82) is 0 Å². The summed E-state index contributed by atoms with van der Waals surface area (Å²) in [7, 11) is 1.85. The van der Waals surface area contributed by atoms with Gasteiger partial charge in [0.25, 0.3) is 6.08 Å². The first kappa shape index (κ1) is 25.6. The summed E-state index contributed by atoms with van der Waals surface area (Å²) >= 11 is 0. The van der Waals surface area contributed by atoms with Crippen LogP contribution in [0.2, 0.25) is 0 Å². The first-order chi connectivity index (χ1) is 16.0. The van der Waals surface area contributed by atoms with Crippen LogP contribution in [0.4, 0.5) is 8.78 Å². The highest BCUT2D eigenvalue weighted by molar-refractivity contribution is 6.01. The molecule has 0 spiro atoms. The van der Waals surface area contributed by atoms with E-state index in [0.717, 1.165) is 18.8 Å². The third kappa shape index (κ3) is 4.21. The maximum Gasteiger partial charge on any atom is 0.271 e. The molecule has 4 aliphatic rings. The Bertz CT molecular complexity index is 840. The summed E-state index contributed by atoms with van der Waals surface area (Å²) in [5, 5.41) is 2.79. The molecule has 1 saturated heterocycles. The topological polar surface area (TPSA) is 49.4 Å². The van der Waals surface area contributed by atoms with Crippen molar-refractivity contribution in [3.8, 4) is 0 Å². The molecule has 0 aromatic heterocycles. The van der Waals surface area contributed by atoms with Crippen molar-refractivity contribution >= 4 is 11.8 Å². The molecule has 8 atom stereocenters. The molecule has 1 heterocycles. The summed E-state index contributed by atoms with van der Waals surface area (Å²) in [5.41, 5.74) is 0.346. The number of fused-ring (bicyclic) bond motifs is 5. The standard InChI is InChI=1S/C28H44F2N2O2/c1-6-7-9-18(24(29)30)17(2)31-25(33)20-16-28(4)22-13-15-27(3)14-8-10-21(27)19(22)11-12-23(28)32(5)26(20)34/h17,19-23H,6-16H2,1-5H3,(H,31,33)/t17?,19-,20?,21-,22+,23?,27-,28+/m0/s1. The summed E-state index contributed by atoms with van der Waals surface area (Å²) < 4.78 is 27.1. The molecular weight excluding hydrogens is 434 g/mol. The van der Waals surface area contributed by atoms with E-state index in [1.165, 1.54) is 38.5 Å². The zero-order valence-corrected chi connectivity index (χ0v) is 21.8. The molecule has 0 radical (unpaired) electrons. The summed E-state index contributed by atoms with van der Waals surface area (Å²) in [5.74, 6) is 0.636. The van der Waals surface area contributed by atoms with Crippen LogP contribution in [0.15, 0.2) is 11.7 Å².